The largest absolute Gasteiger partial charge is 0.388 e. The Balaban J connectivity index is 0.000000220. The molecule has 0 aromatic heterocycles. The van der Waals surface area contributed by atoms with Gasteiger partial charge in [0.1, 0.15) is 36.6 Å². The van der Waals surface area contributed by atoms with Gasteiger partial charge >= 0.3 is 0 Å². The summed E-state index contributed by atoms with van der Waals surface area (Å²) in [5.74, 6) is 0. The summed E-state index contributed by atoms with van der Waals surface area (Å²) in [4.78, 5) is 0. The van der Waals surface area contributed by atoms with Gasteiger partial charge in [-0.1, -0.05) is 0 Å². The molecule has 0 bridgehead atoms. The van der Waals surface area contributed by atoms with E-state index in [1.54, 1.807) is 27.7 Å². The summed E-state index contributed by atoms with van der Waals surface area (Å²) < 4.78 is 10.2. The maximum atomic E-state index is 9.21. The second-order valence-corrected chi connectivity index (χ2v) is 6.04. The van der Waals surface area contributed by atoms with Crippen molar-refractivity contribution in [2.75, 3.05) is 0 Å². The molecule has 0 aliphatic carbocycles. The fourth-order valence-electron chi connectivity index (χ4n) is 2.51. The molecule has 0 aromatic rings. The molecule has 0 amide bonds. The van der Waals surface area contributed by atoms with Crippen LogP contribution in [0.1, 0.15) is 27.7 Å². The molecule has 8 nitrogen and oxygen atoms in total. The highest BCUT2D eigenvalue weighted by Gasteiger charge is 2.40. The van der Waals surface area contributed by atoms with Gasteiger partial charge in [0.15, 0.2) is 0 Å². The molecule has 2 aliphatic heterocycles. The van der Waals surface area contributed by atoms with Crippen molar-refractivity contribution in [1.29, 1.82) is 0 Å². The van der Waals surface area contributed by atoms with E-state index in [4.69, 9.17) is 9.47 Å². The molecule has 0 spiro atoms. The average Bonchev–Trinajstić information content (AvgIpc) is 2.47. The van der Waals surface area contributed by atoms with E-state index in [9.17, 15) is 30.6 Å². The average molecular weight is 324 g/mol. The monoisotopic (exact) mass is 324 g/mol. The standard InChI is InChI=1S/2C7H14O4/c2*1-3-5(8)7(10)6(9)4(2)11-3/h2*3-10H,1-2H3/t3-,4?,5?,6+,7?;3-,4?,5?,6-,7?/m01/s1. The van der Waals surface area contributed by atoms with Gasteiger partial charge in [-0.05, 0) is 27.7 Å². The van der Waals surface area contributed by atoms with Crippen LogP contribution in [0.2, 0.25) is 0 Å². The van der Waals surface area contributed by atoms with Gasteiger partial charge < -0.3 is 40.1 Å². The number of aliphatic hydroxyl groups excluding tert-OH is 6. The van der Waals surface area contributed by atoms with Crippen molar-refractivity contribution in [3.63, 3.8) is 0 Å². The highest BCUT2D eigenvalue weighted by molar-refractivity contribution is 4.89. The molecule has 6 unspecified atom stereocenters. The van der Waals surface area contributed by atoms with Crippen molar-refractivity contribution < 1.29 is 40.1 Å². The Morgan fingerprint density at radius 2 is 0.591 bits per heavy atom. The van der Waals surface area contributed by atoms with Gasteiger partial charge in [0.05, 0.1) is 24.4 Å². The van der Waals surface area contributed by atoms with Gasteiger partial charge in [0.25, 0.3) is 0 Å². The number of aliphatic hydroxyl groups is 6. The molecule has 2 heterocycles. The normalized spacial score (nSPS) is 52.6. The molecular weight excluding hydrogens is 296 g/mol. The van der Waals surface area contributed by atoms with Gasteiger partial charge in [-0.15, -0.1) is 0 Å². The Morgan fingerprint density at radius 3 is 0.773 bits per heavy atom. The van der Waals surface area contributed by atoms with Crippen molar-refractivity contribution in [2.45, 2.75) is 88.7 Å². The van der Waals surface area contributed by atoms with Gasteiger partial charge in [0.2, 0.25) is 0 Å². The molecule has 8 heteroatoms. The van der Waals surface area contributed by atoms with Crippen LogP contribution >= 0.6 is 0 Å². The third kappa shape index (κ3) is 4.36. The first kappa shape index (κ1) is 19.7. The van der Waals surface area contributed by atoms with Crippen molar-refractivity contribution in [3.05, 3.63) is 0 Å². The van der Waals surface area contributed by atoms with Crippen LogP contribution in [-0.4, -0.2) is 91.7 Å². The van der Waals surface area contributed by atoms with Crippen LogP contribution in [-0.2, 0) is 9.47 Å². The maximum Gasteiger partial charge on any atom is 0.111 e. The van der Waals surface area contributed by atoms with E-state index in [1.807, 2.05) is 0 Å². The first-order valence-corrected chi connectivity index (χ1v) is 7.47. The van der Waals surface area contributed by atoms with Gasteiger partial charge in [-0.25, -0.2) is 0 Å². The molecule has 132 valence electrons. The molecule has 0 saturated carbocycles. The first-order chi connectivity index (χ1) is 10.1. The zero-order valence-corrected chi connectivity index (χ0v) is 13.3. The third-order valence-corrected chi connectivity index (χ3v) is 4.18. The Hall–Kier alpha value is -0.320. The fraction of sp³-hybridized carbons (Fsp3) is 1.00. The summed E-state index contributed by atoms with van der Waals surface area (Å²) in [7, 11) is 0. The van der Waals surface area contributed by atoms with Crippen molar-refractivity contribution in [2.24, 2.45) is 0 Å². The molecule has 0 aromatic carbocycles. The summed E-state index contributed by atoms with van der Waals surface area (Å²) in [6, 6.07) is 0. The highest BCUT2D eigenvalue weighted by atomic mass is 16.5. The Bertz CT molecular complexity index is 281. The number of hydrogen-bond donors (Lipinski definition) is 6. The minimum Gasteiger partial charge on any atom is -0.388 e. The SMILES string of the molecule is CC1O[C@@H](C)C(O)C(O)[C@@H]1O.CC1O[C@H](C)C(O)C(O)[C@@H]1O. The summed E-state index contributed by atoms with van der Waals surface area (Å²) in [5.41, 5.74) is 0. The summed E-state index contributed by atoms with van der Waals surface area (Å²) in [6.07, 6.45) is -7.77. The van der Waals surface area contributed by atoms with Crippen molar-refractivity contribution >= 4 is 0 Å². The van der Waals surface area contributed by atoms with Gasteiger partial charge in [0, 0.05) is 0 Å². The lowest BCUT2D eigenvalue weighted by Gasteiger charge is -2.37. The predicted octanol–water partition coefficient (Wildman–Crippen LogP) is -2.25. The predicted molar refractivity (Wildman–Crippen MR) is 76.1 cm³/mol. The van der Waals surface area contributed by atoms with Crippen LogP contribution < -0.4 is 0 Å². The second kappa shape index (κ2) is 7.98. The highest BCUT2D eigenvalue weighted by Crippen LogP contribution is 2.20. The molecule has 0 radical (unpaired) electrons. The molecular formula is C14H28O8. The number of rotatable bonds is 0. The van der Waals surface area contributed by atoms with Crippen molar-refractivity contribution in [1.82, 2.24) is 0 Å². The lowest BCUT2D eigenvalue weighted by atomic mass is 9.97. The summed E-state index contributed by atoms with van der Waals surface area (Å²) in [5, 5.41) is 55.2. The fourth-order valence-corrected chi connectivity index (χ4v) is 2.51. The van der Waals surface area contributed by atoms with Crippen molar-refractivity contribution in [3.8, 4) is 0 Å². The zero-order chi connectivity index (χ0) is 17.2. The Labute approximate surface area is 129 Å². The smallest absolute Gasteiger partial charge is 0.111 e. The molecule has 6 N–H and O–H groups in total. The minimum absolute atomic E-state index is 0.414. The zero-order valence-electron chi connectivity index (χ0n) is 13.3. The minimum atomic E-state index is -1.09. The van der Waals surface area contributed by atoms with E-state index in [0.717, 1.165) is 0 Å². The van der Waals surface area contributed by atoms with Crippen LogP contribution in [0.25, 0.3) is 0 Å². The van der Waals surface area contributed by atoms with E-state index >= 15 is 0 Å². The third-order valence-electron chi connectivity index (χ3n) is 4.18. The molecule has 2 saturated heterocycles. The van der Waals surface area contributed by atoms with E-state index in [0.29, 0.717) is 0 Å². The van der Waals surface area contributed by atoms with E-state index in [2.05, 4.69) is 0 Å². The van der Waals surface area contributed by atoms with E-state index in [-0.39, 0.29) is 0 Å². The number of ether oxygens (including phenoxy) is 2. The second-order valence-electron chi connectivity index (χ2n) is 6.04. The van der Waals surface area contributed by atoms with Gasteiger partial charge in [-0.2, -0.15) is 0 Å². The Kier molecular flexibility index (Phi) is 7.16. The van der Waals surface area contributed by atoms with Gasteiger partial charge in [-0.3, -0.25) is 0 Å². The molecule has 10 atom stereocenters. The molecule has 2 aliphatic rings. The molecule has 22 heavy (non-hydrogen) atoms. The van der Waals surface area contributed by atoms with Crippen LogP contribution in [0.4, 0.5) is 0 Å². The quantitative estimate of drug-likeness (QED) is 0.294. The maximum absolute atomic E-state index is 9.21. The summed E-state index contributed by atoms with van der Waals surface area (Å²) in [6.45, 7) is 6.65. The number of hydrogen-bond acceptors (Lipinski definition) is 8. The first-order valence-electron chi connectivity index (χ1n) is 7.47. The van der Waals surface area contributed by atoms with E-state index in [1.165, 1.54) is 0 Å². The van der Waals surface area contributed by atoms with Crippen LogP contribution in [0.3, 0.4) is 0 Å². The summed E-state index contributed by atoms with van der Waals surface area (Å²) >= 11 is 0. The lowest BCUT2D eigenvalue weighted by molar-refractivity contribution is -0.211. The topological polar surface area (TPSA) is 140 Å². The Morgan fingerprint density at radius 1 is 0.409 bits per heavy atom. The van der Waals surface area contributed by atoms with E-state index < -0.39 is 61.0 Å². The lowest BCUT2D eigenvalue weighted by Crippen LogP contribution is -2.55. The van der Waals surface area contributed by atoms with Crippen LogP contribution in [0, 0.1) is 0 Å². The van der Waals surface area contributed by atoms with Crippen LogP contribution in [0.5, 0.6) is 0 Å². The van der Waals surface area contributed by atoms with Crippen LogP contribution in [0.15, 0.2) is 0 Å². The molecule has 2 fully saturated rings. The molecule has 2 rings (SSSR count).